The smallest absolute Gasteiger partial charge is 0.407 e. The van der Waals surface area contributed by atoms with Crippen LogP contribution in [0.15, 0.2) is 60.7 Å². The van der Waals surface area contributed by atoms with Gasteiger partial charge in [-0.15, -0.1) is 0 Å². The Morgan fingerprint density at radius 2 is 1.59 bits per heavy atom. The predicted octanol–water partition coefficient (Wildman–Crippen LogP) is 3.70. The number of alkyl carbamates (subject to hydrolysis) is 1. The van der Waals surface area contributed by atoms with Gasteiger partial charge in [0.15, 0.2) is 0 Å². The van der Waals surface area contributed by atoms with Gasteiger partial charge in [-0.1, -0.05) is 75.4 Å². The van der Waals surface area contributed by atoms with Crippen LogP contribution in [-0.2, 0) is 14.3 Å². The molecule has 2 aromatic rings. The number of carbonyl (C=O) groups excluding carboxylic acids is 2. The number of nitrogens with one attached hydrogen (secondary N) is 2. The number of aliphatic carboxylic acids is 1. The first-order chi connectivity index (χ1) is 15.2. The van der Waals surface area contributed by atoms with Gasteiger partial charge in [0.05, 0.1) is 0 Å². The first-order valence-electron chi connectivity index (χ1n) is 10.5. The number of fused-ring (bicyclic) bond motifs is 3. The molecule has 0 aromatic heterocycles. The molecule has 0 spiro atoms. The Morgan fingerprint density at radius 1 is 1.03 bits per heavy atom. The molecular formula is C25H28N2O5. The summed E-state index contributed by atoms with van der Waals surface area (Å²) in [5.41, 5.74) is 3.91. The zero-order valence-corrected chi connectivity index (χ0v) is 18.4. The van der Waals surface area contributed by atoms with E-state index in [4.69, 9.17) is 9.84 Å². The van der Waals surface area contributed by atoms with E-state index in [0.29, 0.717) is 0 Å². The summed E-state index contributed by atoms with van der Waals surface area (Å²) in [4.78, 5) is 35.7. The summed E-state index contributed by atoms with van der Waals surface area (Å²) < 4.78 is 5.55. The maximum absolute atomic E-state index is 12.6. The molecule has 0 saturated heterocycles. The molecule has 0 saturated carbocycles. The molecule has 1 atom stereocenters. The second kappa shape index (κ2) is 9.68. The van der Waals surface area contributed by atoms with Crippen molar-refractivity contribution in [3.8, 4) is 11.1 Å². The zero-order chi connectivity index (χ0) is 23.3. The number of ether oxygens (including phenoxy) is 1. The van der Waals surface area contributed by atoms with Gasteiger partial charge < -0.3 is 20.5 Å². The molecule has 0 unspecified atom stereocenters. The number of carboxylic acid groups (broad SMARTS) is 1. The number of carboxylic acids is 1. The van der Waals surface area contributed by atoms with Crippen molar-refractivity contribution in [2.45, 2.75) is 32.7 Å². The fraction of sp³-hybridized carbons (Fsp3) is 0.320. The van der Waals surface area contributed by atoms with Gasteiger partial charge in [-0.3, -0.25) is 4.79 Å². The fourth-order valence-corrected chi connectivity index (χ4v) is 3.85. The Bertz CT molecular complexity index is 993. The van der Waals surface area contributed by atoms with Crippen LogP contribution < -0.4 is 10.6 Å². The van der Waals surface area contributed by atoms with Gasteiger partial charge in [0, 0.05) is 18.5 Å². The normalized spacial score (nSPS) is 13.8. The number of hydrogen-bond donors (Lipinski definition) is 3. The molecule has 1 aliphatic rings. The van der Waals surface area contributed by atoms with Crippen LogP contribution in [0.1, 0.15) is 37.8 Å². The van der Waals surface area contributed by atoms with E-state index in [-0.39, 0.29) is 19.1 Å². The van der Waals surface area contributed by atoms with E-state index in [0.717, 1.165) is 28.3 Å². The summed E-state index contributed by atoms with van der Waals surface area (Å²) >= 11 is 0. The van der Waals surface area contributed by atoms with Crippen molar-refractivity contribution in [2.75, 3.05) is 13.2 Å². The largest absolute Gasteiger partial charge is 0.478 e. The van der Waals surface area contributed by atoms with Crippen molar-refractivity contribution in [3.63, 3.8) is 0 Å². The molecule has 32 heavy (non-hydrogen) atoms. The number of hydrogen-bond acceptors (Lipinski definition) is 4. The summed E-state index contributed by atoms with van der Waals surface area (Å²) in [6.45, 7) is 5.68. The van der Waals surface area contributed by atoms with E-state index >= 15 is 0 Å². The van der Waals surface area contributed by atoms with Crippen LogP contribution in [0.4, 0.5) is 4.79 Å². The van der Waals surface area contributed by atoms with E-state index in [1.165, 1.54) is 6.08 Å². The highest BCUT2D eigenvalue weighted by atomic mass is 16.5. The maximum Gasteiger partial charge on any atom is 0.407 e. The van der Waals surface area contributed by atoms with Crippen LogP contribution in [0, 0.1) is 5.41 Å². The number of amides is 2. The van der Waals surface area contributed by atoms with Crippen molar-refractivity contribution in [1.82, 2.24) is 10.6 Å². The average Bonchev–Trinajstić information content (AvgIpc) is 3.06. The topological polar surface area (TPSA) is 105 Å². The molecule has 0 fully saturated rings. The van der Waals surface area contributed by atoms with E-state index < -0.39 is 29.4 Å². The first kappa shape index (κ1) is 23.1. The lowest BCUT2D eigenvalue weighted by Gasteiger charge is -2.30. The highest BCUT2D eigenvalue weighted by molar-refractivity contribution is 5.87. The third kappa shape index (κ3) is 5.35. The first-order valence-corrected chi connectivity index (χ1v) is 10.5. The summed E-state index contributed by atoms with van der Waals surface area (Å²) in [5.74, 6) is -1.58. The number of benzene rings is 2. The van der Waals surface area contributed by atoms with Gasteiger partial charge in [-0.2, -0.15) is 0 Å². The highest BCUT2D eigenvalue weighted by Gasteiger charge is 2.34. The van der Waals surface area contributed by atoms with Gasteiger partial charge in [0.1, 0.15) is 12.6 Å². The molecule has 0 bridgehead atoms. The molecule has 0 radical (unpaired) electrons. The van der Waals surface area contributed by atoms with Gasteiger partial charge in [-0.25, -0.2) is 9.59 Å². The minimum absolute atomic E-state index is 0.0457. The lowest BCUT2D eigenvalue weighted by molar-refractivity contribution is -0.131. The third-order valence-corrected chi connectivity index (χ3v) is 5.39. The molecule has 3 rings (SSSR count). The minimum atomic E-state index is -1.09. The number of rotatable bonds is 7. The average molecular weight is 437 g/mol. The standard InChI is InChI=1S/C25H28N2O5/c1-25(2,3)22(23(30)26-14-8-13-21(28)29)27-24(31)32-15-20-18-11-6-4-9-16(18)17-10-5-7-12-19(17)20/h4-13,20,22H,14-15H2,1-3H3,(H,26,30)(H,27,31)(H,28,29)/b13-8+/t22-/m1/s1. The Kier molecular flexibility index (Phi) is 6.98. The van der Waals surface area contributed by atoms with E-state index in [9.17, 15) is 14.4 Å². The molecule has 7 heteroatoms. The monoisotopic (exact) mass is 436 g/mol. The lowest BCUT2D eigenvalue weighted by atomic mass is 9.86. The summed E-state index contributed by atoms with van der Waals surface area (Å²) in [7, 11) is 0. The molecule has 168 valence electrons. The van der Waals surface area contributed by atoms with Crippen molar-refractivity contribution >= 4 is 18.0 Å². The Balaban J connectivity index is 1.65. The maximum atomic E-state index is 12.6. The van der Waals surface area contributed by atoms with Crippen LogP contribution in [0.25, 0.3) is 11.1 Å². The quantitative estimate of drug-likeness (QED) is 0.574. The second-order valence-electron chi connectivity index (χ2n) is 8.75. The van der Waals surface area contributed by atoms with Crippen LogP contribution in [-0.4, -0.2) is 42.3 Å². The number of carbonyl (C=O) groups is 3. The van der Waals surface area contributed by atoms with Gasteiger partial charge in [-0.05, 0) is 27.7 Å². The summed E-state index contributed by atoms with van der Waals surface area (Å²) in [6, 6.07) is 15.3. The molecular weight excluding hydrogens is 408 g/mol. The van der Waals surface area contributed by atoms with Crippen molar-refractivity contribution < 1.29 is 24.2 Å². The molecule has 0 aliphatic heterocycles. The van der Waals surface area contributed by atoms with Crippen LogP contribution in [0.5, 0.6) is 0 Å². The van der Waals surface area contributed by atoms with Gasteiger partial charge in [0.2, 0.25) is 5.91 Å². The molecule has 2 amide bonds. The lowest BCUT2D eigenvalue weighted by Crippen LogP contribution is -2.53. The molecule has 3 N–H and O–H groups in total. The molecule has 0 heterocycles. The summed E-state index contributed by atoms with van der Waals surface area (Å²) in [5, 5.41) is 13.9. The van der Waals surface area contributed by atoms with E-state index in [1.54, 1.807) is 0 Å². The minimum Gasteiger partial charge on any atom is -0.478 e. The van der Waals surface area contributed by atoms with Crippen molar-refractivity contribution in [2.24, 2.45) is 5.41 Å². The van der Waals surface area contributed by atoms with Crippen LogP contribution in [0.2, 0.25) is 0 Å². The Hall–Kier alpha value is -3.61. The Morgan fingerprint density at radius 3 is 2.12 bits per heavy atom. The van der Waals surface area contributed by atoms with E-state index in [2.05, 4.69) is 22.8 Å². The van der Waals surface area contributed by atoms with E-state index in [1.807, 2.05) is 57.2 Å². The van der Waals surface area contributed by atoms with Gasteiger partial charge >= 0.3 is 12.1 Å². The predicted molar refractivity (Wildman–Crippen MR) is 121 cm³/mol. The Labute approximate surface area is 187 Å². The van der Waals surface area contributed by atoms with Crippen molar-refractivity contribution in [1.29, 1.82) is 0 Å². The van der Waals surface area contributed by atoms with Crippen LogP contribution >= 0.6 is 0 Å². The van der Waals surface area contributed by atoms with Crippen molar-refractivity contribution in [3.05, 3.63) is 71.8 Å². The third-order valence-electron chi connectivity index (χ3n) is 5.39. The zero-order valence-electron chi connectivity index (χ0n) is 18.4. The highest BCUT2D eigenvalue weighted by Crippen LogP contribution is 2.44. The van der Waals surface area contributed by atoms with Crippen LogP contribution in [0.3, 0.4) is 0 Å². The fourth-order valence-electron chi connectivity index (χ4n) is 3.85. The SMILES string of the molecule is CC(C)(C)[C@H](NC(=O)OCC1c2ccccc2-c2ccccc21)C(=O)NC/C=C/C(=O)O. The summed E-state index contributed by atoms with van der Waals surface area (Å²) in [6.07, 6.45) is 1.60. The second-order valence-corrected chi connectivity index (χ2v) is 8.75. The molecule has 1 aliphatic carbocycles. The van der Waals surface area contributed by atoms with Gasteiger partial charge in [0.25, 0.3) is 0 Å². The molecule has 7 nitrogen and oxygen atoms in total. The molecule has 2 aromatic carbocycles.